The summed E-state index contributed by atoms with van der Waals surface area (Å²) >= 11 is 0. The molecule has 0 aromatic rings. The van der Waals surface area contributed by atoms with E-state index in [1.807, 2.05) is 6.92 Å². The summed E-state index contributed by atoms with van der Waals surface area (Å²) in [6.45, 7) is 1.95. The van der Waals surface area contributed by atoms with Crippen LogP contribution in [0.2, 0.25) is 0 Å². The van der Waals surface area contributed by atoms with Gasteiger partial charge in [0.25, 0.3) is 0 Å². The zero-order chi connectivity index (χ0) is 14.4. The highest BCUT2D eigenvalue weighted by Crippen LogP contribution is 2.56. The maximum Gasteiger partial charge on any atom is 0.347 e. The van der Waals surface area contributed by atoms with E-state index in [1.54, 1.807) is 0 Å². The van der Waals surface area contributed by atoms with Gasteiger partial charge in [0.1, 0.15) is 5.78 Å². The van der Waals surface area contributed by atoms with Crippen molar-refractivity contribution in [2.45, 2.75) is 95.5 Å². The predicted octanol–water partition coefficient (Wildman–Crippen LogP) is 4.57. The van der Waals surface area contributed by atoms with Gasteiger partial charge in [0.05, 0.1) is 12.2 Å². The van der Waals surface area contributed by atoms with Gasteiger partial charge in [-0.25, -0.2) is 0 Å². The first-order valence-corrected chi connectivity index (χ1v) is 9.97. The van der Waals surface area contributed by atoms with Crippen LogP contribution < -0.4 is 5.73 Å². The Morgan fingerprint density at radius 1 is 0.950 bits per heavy atom. The van der Waals surface area contributed by atoms with Crippen LogP contribution in [-0.4, -0.2) is 18.0 Å². The molecule has 0 saturated heterocycles. The lowest BCUT2D eigenvalue weighted by atomic mass is 9.98. The molecular formula is C15H30NO3P. The molecule has 2 rings (SSSR count). The van der Waals surface area contributed by atoms with E-state index in [0.29, 0.717) is 6.42 Å². The smallest absolute Gasteiger partial charge is 0.318 e. The molecule has 0 aliphatic heterocycles. The molecule has 0 heterocycles. The van der Waals surface area contributed by atoms with Crippen LogP contribution in [0.3, 0.4) is 0 Å². The van der Waals surface area contributed by atoms with Gasteiger partial charge in [0.15, 0.2) is 0 Å². The van der Waals surface area contributed by atoms with Crippen LogP contribution in [0.15, 0.2) is 0 Å². The molecule has 0 aromatic carbocycles. The molecule has 118 valence electrons. The second kappa shape index (κ2) is 7.93. The Morgan fingerprint density at radius 2 is 1.35 bits per heavy atom. The van der Waals surface area contributed by atoms with E-state index in [-0.39, 0.29) is 12.2 Å². The fourth-order valence-corrected chi connectivity index (χ4v) is 5.22. The van der Waals surface area contributed by atoms with E-state index < -0.39 is 13.4 Å². The van der Waals surface area contributed by atoms with Crippen molar-refractivity contribution in [1.29, 1.82) is 0 Å². The fourth-order valence-electron chi connectivity index (χ4n) is 3.16. The van der Waals surface area contributed by atoms with E-state index in [1.165, 1.54) is 12.8 Å². The van der Waals surface area contributed by atoms with Crippen LogP contribution in [0, 0.1) is 0 Å². The molecule has 2 saturated carbocycles. The molecule has 0 spiro atoms. The van der Waals surface area contributed by atoms with Gasteiger partial charge in [-0.15, -0.1) is 0 Å². The quantitative estimate of drug-likeness (QED) is 0.730. The first-order valence-electron chi connectivity index (χ1n) is 8.36. The Kier molecular flexibility index (Phi) is 6.54. The second-order valence-electron chi connectivity index (χ2n) is 6.25. The zero-order valence-electron chi connectivity index (χ0n) is 12.8. The third kappa shape index (κ3) is 4.56. The average molecular weight is 303 g/mol. The van der Waals surface area contributed by atoms with Gasteiger partial charge >= 0.3 is 7.60 Å². The number of rotatable bonds is 6. The summed E-state index contributed by atoms with van der Waals surface area (Å²) in [5.74, 6) is -0.480. The highest BCUT2D eigenvalue weighted by Gasteiger charge is 2.38. The van der Waals surface area contributed by atoms with Crippen molar-refractivity contribution in [2.75, 3.05) is 0 Å². The molecule has 5 heteroatoms. The molecule has 2 aliphatic carbocycles. The van der Waals surface area contributed by atoms with Crippen molar-refractivity contribution in [2.24, 2.45) is 5.73 Å². The lowest BCUT2D eigenvalue weighted by Crippen LogP contribution is -2.29. The molecule has 0 aromatic heterocycles. The van der Waals surface area contributed by atoms with Crippen LogP contribution in [0.5, 0.6) is 0 Å². The molecule has 1 unspecified atom stereocenters. The molecule has 20 heavy (non-hydrogen) atoms. The maximum atomic E-state index is 13.1. The second-order valence-corrected chi connectivity index (χ2v) is 8.41. The fraction of sp³-hybridized carbons (Fsp3) is 1.00. The minimum absolute atomic E-state index is 0.0794. The summed E-state index contributed by atoms with van der Waals surface area (Å²) in [5, 5.41) is 0. The Balaban J connectivity index is 1.97. The molecule has 4 nitrogen and oxygen atoms in total. The monoisotopic (exact) mass is 303 g/mol. The Hall–Kier alpha value is 0.110. The van der Waals surface area contributed by atoms with Gasteiger partial charge in [-0.3, -0.25) is 4.57 Å². The summed E-state index contributed by atoms with van der Waals surface area (Å²) in [5.41, 5.74) is 6.07. The van der Waals surface area contributed by atoms with Crippen LogP contribution in [-0.2, 0) is 13.6 Å². The number of hydrogen-bond donors (Lipinski definition) is 1. The van der Waals surface area contributed by atoms with Gasteiger partial charge < -0.3 is 14.8 Å². The molecule has 1 atom stereocenters. The van der Waals surface area contributed by atoms with Crippen molar-refractivity contribution >= 4 is 7.60 Å². The first-order chi connectivity index (χ1) is 9.64. The van der Waals surface area contributed by atoms with Gasteiger partial charge in [0, 0.05) is 0 Å². The predicted molar refractivity (Wildman–Crippen MR) is 81.8 cm³/mol. The van der Waals surface area contributed by atoms with Crippen molar-refractivity contribution in [1.82, 2.24) is 0 Å². The van der Waals surface area contributed by atoms with E-state index in [9.17, 15) is 4.57 Å². The molecule has 2 N–H and O–H groups in total. The topological polar surface area (TPSA) is 61.6 Å². The Labute approximate surface area is 123 Å². The van der Waals surface area contributed by atoms with Crippen LogP contribution >= 0.6 is 7.60 Å². The van der Waals surface area contributed by atoms with Crippen LogP contribution in [0.25, 0.3) is 0 Å². The standard InChI is InChI=1S/C15H30NO3P/c1-2-15(16)20(17,18-13-9-5-3-6-10-13)19-14-11-7-4-8-12-14/h13-15H,2-12,16H2,1H3. The van der Waals surface area contributed by atoms with E-state index in [2.05, 4.69) is 0 Å². The van der Waals surface area contributed by atoms with E-state index in [0.717, 1.165) is 51.4 Å². The highest BCUT2D eigenvalue weighted by atomic mass is 31.2. The first kappa shape index (κ1) is 16.5. The highest BCUT2D eigenvalue weighted by molar-refractivity contribution is 7.54. The van der Waals surface area contributed by atoms with Gasteiger partial charge in [-0.1, -0.05) is 45.4 Å². The minimum atomic E-state index is -3.17. The van der Waals surface area contributed by atoms with Crippen molar-refractivity contribution < 1.29 is 13.6 Å². The van der Waals surface area contributed by atoms with Crippen LogP contribution in [0.1, 0.15) is 77.6 Å². The lowest BCUT2D eigenvalue weighted by molar-refractivity contribution is 0.0747. The molecule has 0 bridgehead atoms. The Morgan fingerprint density at radius 3 is 1.70 bits per heavy atom. The van der Waals surface area contributed by atoms with Crippen molar-refractivity contribution in [3.63, 3.8) is 0 Å². The van der Waals surface area contributed by atoms with E-state index in [4.69, 9.17) is 14.8 Å². The number of hydrogen-bond acceptors (Lipinski definition) is 4. The maximum absolute atomic E-state index is 13.1. The molecule has 2 fully saturated rings. The molecule has 0 radical (unpaired) electrons. The van der Waals surface area contributed by atoms with Crippen molar-refractivity contribution in [3.8, 4) is 0 Å². The molecule has 2 aliphatic rings. The van der Waals surface area contributed by atoms with Gasteiger partial charge in [0.2, 0.25) is 0 Å². The normalized spacial score (nSPS) is 24.7. The SMILES string of the molecule is CCC(N)P(=O)(OC1CCCCC1)OC1CCCCC1. The van der Waals surface area contributed by atoms with Gasteiger partial charge in [-0.05, 0) is 32.1 Å². The summed E-state index contributed by atoms with van der Waals surface area (Å²) < 4.78 is 25.0. The van der Waals surface area contributed by atoms with Crippen LogP contribution in [0.4, 0.5) is 0 Å². The molecule has 0 amide bonds. The van der Waals surface area contributed by atoms with Crippen molar-refractivity contribution in [3.05, 3.63) is 0 Å². The summed E-state index contributed by atoms with van der Waals surface area (Å²) in [6.07, 6.45) is 11.9. The molecular weight excluding hydrogens is 273 g/mol. The van der Waals surface area contributed by atoms with E-state index >= 15 is 0 Å². The largest absolute Gasteiger partial charge is 0.347 e. The lowest BCUT2D eigenvalue weighted by Gasteiger charge is -2.33. The Bertz CT molecular complexity index is 301. The third-order valence-electron chi connectivity index (χ3n) is 4.52. The summed E-state index contributed by atoms with van der Waals surface area (Å²) in [4.78, 5) is 0. The average Bonchev–Trinajstić information content (AvgIpc) is 2.48. The minimum Gasteiger partial charge on any atom is -0.318 e. The number of nitrogens with two attached hydrogens (primary N) is 1. The summed E-state index contributed by atoms with van der Waals surface area (Å²) in [7, 11) is -3.17. The third-order valence-corrected chi connectivity index (χ3v) is 6.88. The summed E-state index contributed by atoms with van der Waals surface area (Å²) in [6, 6.07) is 0. The zero-order valence-corrected chi connectivity index (χ0v) is 13.7. The van der Waals surface area contributed by atoms with Gasteiger partial charge in [-0.2, -0.15) is 0 Å².